The summed E-state index contributed by atoms with van der Waals surface area (Å²) in [6.45, 7) is 0. The Morgan fingerprint density at radius 2 is 2.05 bits per heavy atom. The van der Waals surface area contributed by atoms with Gasteiger partial charge in [-0.15, -0.1) is 0 Å². The van der Waals surface area contributed by atoms with Gasteiger partial charge >= 0.3 is 0 Å². The number of methoxy groups -OCH3 is 1. The Morgan fingerprint density at radius 1 is 1.32 bits per heavy atom. The molecular formula is C14H11ClFNO2. The van der Waals surface area contributed by atoms with Crippen molar-refractivity contribution in [2.45, 2.75) is 0 Å². The maximum absolute atomic E-state index is 13.7. The maximum Gasteiger partial charge on any atom is 0.199 e. The van der Waals surface area contributed by atoms with E-state index in [1.54, 1.807) is 6.07 Å². The van der Waals surface area contributed by atoms with Gasteiger partial charge in [-0.05, 0) is 30.3 Å². The number of hydrogen-bond donors (Lipinski definition) is 1. The summed E-state index contributed by atoms with van der Waals surface area (Å²) in [5.41, 5.74) is 5.95. The zero-order chi connectivity index (χ0) is 14.0. The summed E-state index contributed by atoms with van der Waals surface area (Å²) in [7, 11) is 1.47. The summed E-state index contributed by atoms with van der Waals surface area (Å²) in [4.78, 5) is 12.3. The van der Waals surface area contributed by atoms with Crippen LogP contribution >= 0.6 is 11.6 Å². The van der Waals surface area contributed by atoms with E-state index in [1.807, 2.05) is 0 Å². The van der Waals surface area contributed by atoms with Crippen LogP contribution in [0.5, 0.6) is 5.75 Å². The highest BCUT2D eigenvalue weighted by molar-refractivity contribution is 6.35. The lowest BCUT2D eigenvalue weighted by Gasteiger charge is -2.09. The van der Waals surface area contributed by atoms with E-state index in [0.717, 1.165) is 0 Å². The summed E-state index contributed by atoms with van der Waals surface area (Å²) in [6.07, 6.45) is 0. The van der Waals surface area contributed by atoms with Crippen molar-refractivity contribution in [3.8, 4) is 5.75 Å². The van der Waals surface area contributed by atoms with Crippen LogP contribution in [0, 0.1) is 5.82 Å². The van der Waals surface area contributed by atoms with E-state index in [0.29, 0.717) is 5.75 Å². The summed E-state index contributed by atoms with van der Waals surface area (Å²) in [6, 6.07) is 8.67. The van der Waals surface area contributed by atoms with E-state index in [4.69, 9.17) is 22.1 Å². The van der Waals surface area contributed by atoms with Crippen LogP contribution in [-0.2, 0) is 0 Å². The van der Waals surface area contributed by atoms with Crippen molar-refractivity contribution in [2.24, 2.45) is 0 Å². The Bertz CT molecular complexity index is 623. The van der Waals surface area contributed by atoms with Crippen LogP contribution in [0.1, 0.15) is 15.9 Å². The Hall–Kier alpha value is -2.07. The molecule has 2 aromatic rings. The molecule has 98 valence electrons. The van der Waals surface area contributed by atoms with Gasteiger partial charge in [-0.3, -0.25) is 4.79 Å². The highest BCUT2D eigenvalue weighted by Crippen LogP contribution is 2.27. The zero-order valence-corrected chi connectivity index (χ0v) is 10.9. The summed E-state index contributed by atoms with van der Waals surface area (Å²) < 4.78 is 18.7. The molecular weight excluding hydrogens is 269 g/mol. The standard InChI is InChI=1S/C14H11ClFNO2/c1-19-8-5-6-12(17)9(7-8)14(18)13-10(15)3-2-4-11(13)16/h2-7H,17H2,1H3. The monoisotopic (exact) mass is 279 g/mol. The highest BCUT2D eigenvalue weighted by Gasteiger charge is 2.20. The van der Waals surface area contributed by atoms with Crippen molar-refractivity contribution in [1.29, 1.82) is 0 Å². The topological polar surface area (TPSA) is 52.3 Å². The lowest BCUT2D eigenvalue weighted by atomic mass is 10.0. The second kappa shape index (κ2) is 5.28. The Morgan fingerprint density at radius 3 is 2.68 bits per heavy atom. The van der Waals surface area contributed by atoms with Crippen molar-refractivity contribution in [1.82, 2.24) is 0 Å². The molecule has 0 amide bonds. The maximum atomic E-state index is 13.7. The predicted octanol–water partition coefficient (Wildman–Crippen LogP) is 3.30. The lowest BCUT2D eigenvalue weighted by molar-refractivity contribution is 0.103. The van der Waals surface area contributed by atoms with Gasteiger partial charge in [0, 0.05) is 11.3 Å². The third-order valence-electron chi connectivity index (χ3n) is 2.69. The van der Waals surface area contributed by atoms with Crippen molar-refractivity contribution in [3.63, 3.8) is 0 Å². The molecule has 0 saturated heterocycles. The first kappa shape index (κ1) is 13.4. The fraction of sp³-hybridized carbons (Fsp3) is 0.0714. The number of carbonyl (C=O) groups excluding carboxylic acids is 1. The number of halogens is 2. The lowest BCUT2D eigenvalue weighted by Crippen LogP contribution is -2.08. The molecule has 0 radical (unpaired) electrons. The molecule has 0 aliphatic rings. The van der Waals surface area contributed by atoms with Crippen molar-refractivity contribution < 1.29 is 13.9 Å². The van der Waals surface area contributed by atoms with E-state index in [-0.39, 0.29) is 21.8 Å². The van der Waals surface area contributed by atoms with E-state index in [2.05, 4.69) is 0 Å². The third-order valence-corrected chi connectivity index (χ3v) is 3.01. The molecule has 0 aliphatic heterocycles. The number of rotatable bonds is 3. The number of ketones is 1. The van der Waals surface area contributed by atoms with Crippen molar-refractivity contribution in [3.05, 3.63) is 58.4 Å². The molecule has 0 atom stereocenters. The third kappa shape index (κ3) is 2.53. The minimum absolute atomic E-state index is 0.0484. The molecule has 0 aliphatic carbocycles. The van der Waals surface area contributed by atoms with Crippen LogP contribution in [0.4, 0.5) is 10.1 Å². The predicted molar refractivity (Wildman–Crippen MR) is 72.2 cm³/mol. The minimum Gasteiger partial charge on any atom is -0.497 e. The average Bonchev–Trinajstić information content (AvgIpc) is 2.39. The van der Waals surface area contributed by atoms with Gasteiger partial charge < -0.3 is 10.5 Å². The Balaban J connectivity index is 2.56. The van der Waals surface area contributed by atoms with Crippen LogP contribution in [0.2, 0.25) is 5.02 Å². The van der Waals surface area contributed by atoms with Crippen LogP contribution in [0.25, 0.3) is 0 Å². The minimum atomic E-state index is -0.681. The van der Waals surface area contributed by atoms with Crippen LogP contribution in [-0.4, -0.2) is 12.9 Å². The Labute approximate surface area is 114 Å². The molecule has 0 unspecified atom stereocenters. The second-order valence-electron chi connectivity index (χ2n) is 3.88. The number of nitrogens with two attached hydrogens (primary N) is 1. The quantitative estimate of drug-likeness (QED) is 0.693. The largest absolute Gasteiger partial charge is 0.497 e. The first-order chi connectivity index (χ1) is 9.04. The van der Waals surface area contributed by atoms with Gasteiger partial charge in [-0.1, -0.05) is 17.7 Å². The number of ether oxygens (including phenoxy) is 1. The summed E-state index contributed by atoms with van der Waals surface area (Å²) in [5.74, 6) is -0.788. The normalized spacial score (nSPS) is 10.3. The number of benzene rings is 2. The summed E-state index contributed by atoms with van der Waals surface area (Å²) in [5, 5.41) is 0.0484. The first-order valence-corrected chi connectivity index (χ1v) is 5.84. The van der Waals surface area contributed by atoms with E-state index in [1.165, 1.54) is 37.4 Å². The van der Waals surface area contributed by atoms with Gasteiger partial charge in [0.15, 0.2) is 5.78 Å². The number of hydrogen-bond acceptors (Lipinski definition) is 3. The first-order valence-electron chi connectivity index (χ1n) is 5.47. The molecule has 0 saturated carbocycles. The SMILES string of the molecule is COc1ccc(N)c(C(=O)c2c(F)cccc2Cl)c1. The number of nitrogen functional groups attached to an aromatic ring is 1. The molecule has 0 fully saturated rings. The molecule has 0 spiro atoms. The fourth-order valence-corrected chi connectivity index (χ4v) is 1.96. The molecule has 19 heavy (non-hydrogen) atoms. The van der Waals surface area contributed by atoms with E-state index in [9.17, 15) is 9.18 Å². The zero-order valence-electron chi connectivity index (χ0n) is 10.1. The van der Waals surface area contributed by atoms with Gasteiger partial charge in [0.05, 0.1) is 17.7 Å². The van der Waals surface area contributed by atoms with Gasteiger partial charge in [0.2, 0.25) is 0 Å². The second-order valence-corrected chi connectivity index (χ2v) is 4.29. The van der Waals surface area contributed by atoms with Crippen molar-refractivity contribution in [2.75, 3.05) is 12.8 Å². The molecule has 2 aromatic carbocycles. The van der Waals surface area contributed by atoms with Crippen LogP contribution < -0.4 is 10.5 Å². The molecule has 2 N–H and O–H groups in total. The average molecular weight is 280 g/mol. The van der Waals surface area contributed by atoms with E-state index >= 15 is 0 Å². The molecule has 0 aromatic heterocycles. The number of anilines is 1. The van der Waals surface area contributed by atoms with E-state index < -0.39 is 11.6 Å². The molecule has 0 bridgehead atoms. The Kier molecular flexibility index (Phi) is 3.71. The van der Waals surface area contributed by atoms with Crippen LogP contribution in [0.3, 0.4) is 0 Å². The van der Waals surface area contributed by atoms with Crippen molar-refractivity contribution >= 4 is 23.1 Å². The smallest absolute Gasteiger partial charge is 0.199 e. The molecule has 0 heterocycles. The number of carbonyl (C=O) groups is 1. The van der Waals surface area contributed by atoms with Gasteiger partial charge in [0.1, 0.15) is 11.6 Å². The highest BCUT2D eigenvalue weighted by atomic mass is 35.5. The summed E-state index contributed by atoms with van der Waals surface area (Å²) >= 11 is 5.87. The molecule has 3 nitrogen and oxygen atoms in total. The van der Waals surface area contributed by atoms with Crippen LogP contribution in [0.15, 0.2) is 36.4 Å². The fourth-order valence-electron chi connectivity index (χ4n) is 1.71. The van der Waals surface area contributed by atoms with Gasteiger partial charge in [0.25, 0.3) is 0 Å². The van der Waals surface area contributed by atoms with Gasteiger partial charge in [-0.2, -0.15) is 0 Å². The van der Waals surface area contributed by atoms with Gasteiger partial charge in [-0.25, -0.2) is 4.39 Å². The molecule has 5 heteroatoms. The molecule has 2 rings (SSSR count).